The molecule has 0 radical (unpaired) electrons. The highest BCUT2D eigenvalue weighted by molar-refractivity contribution is 7.17. The molecule has 0 spiro atoms. The normalized spacial score (nSPS) is 15.6. The average molecular weight is 497 g/mol. The molecule has 1 saturated carbocycles. The van der Waals surface area contributed by atoms with Gasteiger partial charge < -0.3 is 10.6 Å². The molecule has 182 valence electrons. The van der Waals surface area contributed by atoms with Gasteiger partial charge in [-0.15, -0.1) is 11.3 Å². The van der Waals surface area contributed by atoms with Crippen LogP contribution in [0.5, 0.6) is 0 Å². The largest absolute Gasteiger partial charge is 0.349 e. The molecule has 0 atom stereocenters. The number of benzene rings is 1. The number of nitrogens with zero attached hydrogens (tertiary/aromatic N) is 2. The SMILES string of the molecule is O=C(NC1CCCCC1)c1c(NC(=O)c2cc(-c3cccnc3)nc3ccccc23)sc2c1CCC2. The van der Waals surface area contributed by atoms with Crippen LogP contribution in [0.25, 0.3) is 22.2 Å². The molecule has 0 bridgehead atoms. The minimum atomic E-state index is -0.231. The molecule has 4 aromatic rings. The van der Waals surface area contributed by atoms with Crippen molar-refractivity contribution in [3.05, 3.63) is 76.4 Å². The molecule has 2 N–H and O–H groups in total. The van der Waals surface area contributed by atoms with Gasteiger partial charge >= 0.3 is 0 Å². The molecule has 0 aliphatic heterocycles. The van der Waals surface area contributed by atoms with Crippen LogP contribution in [0.15, 0.2) is 54.9 Å². The molecule has 1 fully saturated rings. The summed E-state index contributed by atoms with van der Waals surface area (Å²) in [5.74, 6) is -0.280. The Morgan fingerprint density at radius 3 is 2.64 bits per heavy atom. The maximum absolute atomic E-state index is 13.7. The number of nitrogens with one attached hydrogen (secondary N) is 2. The van der Waals surface area contributed by atoms with Crippen LogP contribution in [0, 0.1) is 0 Å². The van der Waals surface area contributed by atoms with E-state index in [2.05, 4.69) is 15.6 Å². The molecule has 7 heteroatoms. The number of aryl methyl sites for hydroxylation is 1. The van der Waals surface area contributed by atoms with Gasteiger partial charge in [0, 0.05) is 34.3 Å². The molecular weight excluding hydrogens is 468 g/mol. The van der Waals surface area contributed by atoms with Gasteiger partial charge in [-0.05, 0) is 61.9 Å². The molecule has 36 heavy (non-hydrogen) atoms. The van der Waals surface area contributed by atoms with Crippen molar-refractivity contribution in [1.82, 2.24) is 15.3 Å². The number of fused-ring (bicyclic) bond motifs is 2. The predicted octanol–water partition coefficient (Wildman–Crippen LogP) is 6.16. The van der Waals surface area contributed by atoms with Crippen LogP contribution >= 0.6 is 11.3 Å². The fourth-order valence-electron chi connectivity index (χ4n) is 5.43. The number of hydrogen-bond donors (Lipinski definition) is 2. The van der Waals surface area contributed by atoms with Gasteiger partial charge in [-0.2, -0.15) is 0 Å². The van der Waals surface area contributed by atoms with Crippen LogP contribution in [-0.4, -0.2) is 27.8 Å². The van der Waals surface area contributed by atoms with E-state index in [9.17, 15) is 9.59 Å². The molecular formula is C29H28N4O2S. The maximum atomic E-state index is 13.7. The van der Waals surface area contributed by atoms with Crippen LogP contribution in [0.4, 0.5) is 5.00 Å². The van der Waals surface area contributed by atoms with Crippen molar-refractivity contribution in [2.24, 2.45) is 0 Å². The number of carbonyl (C=O) groups is 2. The smallest absolute Gasteiger partial charge is 0.257 e. The van der Waals surface area contributed by atoms with Crippen molar-refractivity contribution < 1.29 is 9.59 Å². The second-order valence-electron chi connectivity index (χ2n) is 9.64. The Morgan fingerprint density at radius 2 is 1.81 bits per heavy atom. The number of aromatic nitrogens is 2. The highest BCUT2D eigenvalue weighted by Gasteiger charge is 2.29. The summed E-state index contributed by atoms with van der Waals surface area (Å²) in [5, 5.41) is 7.82. The number of hydrogen-bond acceptors (Lipinski definition) is 5. The van der Waals surface area contributed by atoms with E-state index in [1.807, 2.05) is 42.5 Å². The first-order valence-electron chi connectivity index (χ1n) is 12.7. The third-order valence-electron chi connectivity index (χ3n) is 7.23. The Labute approximate surface area is 214 Å². The lowest BCUT2D eigenvalue weighted by Crippen LogP contribution is -2.36. The number of para-hydroxylation sites is 1. The molecule has 6 nitrogen and oxygen atoms in total. The number of anilines is 1. The van der Waals surface area contributed by atoms with Gasteiger partial charge in [-0.1, -0.05) is 37.5 Å². The van der Waals surface area contributed by atoms with Gasteiger partial charge in [0.15, 0.2) is 0 Å². The second kappa shape index (κ2) is 9.82. The number of pyridine rings is 2. The number of amides is 2. The predicted molar refractivity (Wildman–Crippen MR) is 144 cm³/mol. The van der Waals surface area contributed by atoms with Crippen LogP contribution < -0.4 is 10.6 Å². The van der Waals surface area contributed by atoms with Crippen LogP contribution in [0.1, 0.15) is 69.7 Å². The lowest BCUT2D eigenvalue weighted by atomic mass is 9.95. The standard InChI is InChI=1S/C29H28N4O2S/c34-27(22-16-24(18-8-7-15-30-17-18)32-23-13-5-4-11-20(22)23)33-29-26(21-12-6-14-25(21)36-29)28(35)31-19-9-2-1-3-10-19/h4-5,7-8,11,13,15-17,19H,1-3,6,9-10,12,14H2,(H,31,35)(H,33,34). The Morgan fingerprint density at radius 1 is 0.944 bits per heavy atom. The van der Waals surface area contributed by atoms with E-state index in [4.69, 9.17) is 4.98 Å². The van der Waals surface area contributed by atoms with Crippen molar-refractivity contribution in [1.29, 1.82) is 0 Å². The van der Waals surface area contributed by atoms with Gasteiger partial charge in [0.05, 0.1) is 22.3 Å². The third-order valence-corrected chi connectivity index (χ3v) is 8.44. The quantitative estimate of drug-likeness (QED) is 0.346. The molecule has 0 saturated heterocycles. The van der Waals surface area contributed by atoms with Crippen LogP contribution in [-0.2, 0) is 12.8 Å². The highest BCUT2D eigenvalue weighted by Crippen LogP contribution is 2.40. The van der Waals surface area contributed by atoms with Gasteiger partial charge in [-0.25, -0.2) is 4.98 Å². The zero-order chi connectivity index (χ0) is 24.5. The van der Waals surface area contributed by atoms with Crippen LogP contribution in [0.3, 0.4) is 0 Å². The van der Waals surface area contributed by atoms with Crippen molar-refractivity contribution in [2.75, 3.05) is 5.32 Å². The summed E-state index contributed by atoms with van der Waals surface area (Å²) >= 11 is 1.55. The number of thiophene rings is 1. The molecule has 2 aliphatic carbocycles. The van der Waals surface area contributed by atoms with Gasteiger partial charge in [0.25, 0.3) is 11.8 Å². The van der Waals surface area contributed by atoms with E-state index in [1.54, 1.807) is 23.7 Å². The third kappa shape index (κ3) is 4.39. The van der Waals surface area contributed by atoms with Gasteiger partial charge in [0.2, 0.25) is 0 Å². The van der Waals surface area contributed by atoms with E-state index in [1.165, 1.54) is 11.3 Å². The number of rotatable bonds is 5. The summed E-state index contributed by atoms with van der Waals surface area (Å²) in [5.41, 5.74) is 4.59. The lowest BCUT2D eigenvalue weighted by Gasteiger charge is -2.23. The fourth-order valence-corrected chi connectivity index (χ4v) is 6.71. The summed E-state index contributed by atoms with van der Waals surface area (Å²) in [6.07, 6.45) is 12.0. The first kappa shape index (κ1) is 22.9. The lowest BCUT2D eigenvalue weighted by molar-refractivity contribution is 0.0928. The minimum Gasteiger partial charge on any atom is -0.349 e. The van der Waals surface area contributed by atoms with Crippen molar-refractivity contribution >= 4 is 39.1 Å². The van der Waals surface area contributed by atoms with Gasteiger partial charge in [0.1, 0.15) is 5.00 Å². The molecule has 0 unspecified atom stereocenters. The first-order valence-corrected chi connectivity index (χ1v) is 13.6. The van der Waals surface area contributed by atoms with Crippen molar-refractivity contribution in [3.63, 3.8) is 0 Å². The average Bonchev–Trinajstić information content (AvgIpc) is 3.50. The molecule has 2 aliphatic rings. The molecule has 3 aromatic heterocycles. The monoisotopic (exact) mass is 496 g/mol. The maximum Gasteiger partial charge on any atom is 0.257 e. The van der Waals surface area contributed by atoms with Gasteiger partial charge in [-0.3, -0.25) is 14.6 Å². The molecule has 1 aromatic carbocycles. The zero-order valence-corrected chi connectivity index (χ0v) is 20.9. The molecule has 2 amide bonds. The summed E-state index contributed by atoms with van der Waals surface area (Å²) in [7, 11) is 0. The summed E-state index contributed by atoms with van der Waals surface area (Å²) in [6, 6.07) is 13.5. The van der Waals surface area contributed by atoms with E-state index >= 15 is 0 Å². The number of carbonyl (C=O) groups excluding carboxylic acids is 2. The second-order valence-corrected chi connectivity index (χ2v) is 10.7. The Kier molecular flexibility index (Phi) is 6.23. The highest BCUT2D eigenvalue weighted by atomic mass is 32.1. The summed E-state index contributed by atoms with van der Waals surface area (Å²) in [6.45, 7) is 0. The molecule has 3 heterocycles. The molecule has 6 rings (SSSR count). The fraction of sp³-hybridized carbons (Fsp3) is 0.310. The van der Waals surface area contributed by atoms with E-state index in [-0.39, 0.29) is 17.9 Å². The van der Waals surface area contributed by atoms with E-state index in [0.29, 0.717) is 21.8 Å². The Bertz CT molecular complexity index is 1440. The Balaban J connectivity index is 1.35. The summed E-state index contributed by atoms with van der Waals surface area (Å²) in [4.78, 5) is 37.4. The summed E-state index contributed by atoms with van der Waals surface area (Å²) < 4.78 is 0. The van der Waals surface area contributed by atoms with Crippen LogP contribution in [0.2, 0.25) is 0 Å². The van der Waals surface area contributed by atoms with E-state index < -0.39 is 0 Å². The van der Waals surface area contributed by atoms with E-state index in [0.717, 1.165) is 67.0 Å². The Hall–Kier alpha value is -3.58. The van der Waals surface area contributed by atoms with Crippen molar-refractivity contribution in [3.8, 4) is 11.3 Å². The topological polar surface area (TPSA) is 84.0 Å². The minimum absolute atomic E-state index is 0.0489. The first-order chi connectivity index (χ1) is 17.7. The zero-order valence-electron chi connectivity index (χ0n) is 20.0. The van der Waals surface area contributed by atoms with Crippen molar-refractivity contribution in [2.45, 2.75) is 57.4 Å².